The van der Waals surface area contributed by atoms with Crippen molar-refractivity contribution in [3.8, 4) is 0 Å². The first-order valence-corrected chi connectivity index (χ1v) is 8.94. The topological polar surface area (TPSA) is 40.6 Å². The number of fused-ring (bicyclic) bond motifs is 3. The van der Waals surface area contributed by atoms with Gasteiger partial charge in [0.05, 0.1) is 5.75 Å². The van der Waals surface area contributed by atoms with E-state index in [2.05, 4.69) is 4.90 Å². The lowest BCUT2D eigenvalue weighted by Gasteiger charge is -2.33. The van der Waals surface area contributed by atoms with Crippen LogP contribution in [0.3, 0.4) is 0 Å². The summed E-state index contributed by atoms with van der Waals surface area (Å²) in [6.07, 6.45) is 4.66. The Balaban J connectivity index is 1.70. The van der Waals surface area contributed by atoms with Gasteiger partial charge >= 0.3 is 0 Å². The molecule has 0 N–H and O–H groups in total. The third-order valence-electron chi connectivity index (χ3n) is 4.94. The van der Waals surface area contributed by atoms with Crippen LogP contribution in [-0.2, 0) is 10.0 Å². The molecule has 0 aliphatic carbocycles. The molecule has 0 amide bonds. The zero-order valence-electron chi connectivity index (χ0n) is 11.2. The van der Waals surface area contributed by atoms with E-state index in [1.165, 1.54) is 25.8 Å². The molecule has 3 heterocycles. The Labute approximate surface area is 110 Å². The highest BCUT2D eigenvalue weighted by Crippen LogP contribution is 2.41. The van der Waals surface area contributed by atoms with Gasteiger partial charge in [0.1, 0.15) is 0 Å². The maximum absolute atomic E-state index is 12.1. The fourth-order valence-electron chi connectivity index (χ4n) is 4.13. The van der Waals surface area contributed by atoms with E-state index < -0.39 is 10.0 Å². The smallest absolute Gasteiger partial charge is 0.214 e. The monoisotopic (exact) mass is 272 g/mol. The minimum absolute atomic E-state index is 0.320. The van der Waals surface area contributed by atoms with Gasteiger partial charge in [-0.15, -0.1) is 0 Å². The standard InChI is InChI=1S/C13H24N2O2S/c1-2-7-18(16,17)15-9-11-8-14-6-4-3-5-13(14)12(11)10-15/h11-13H,2-10H2,1H3. The first-order chi connectivity index (χ1) is 8.62. The second-order valence-electron chi connectivity index (χ2n) is 6.11. The van der Waals surface area contributed by atoms with Crippen molar-refractivity contribution in [3.63, 3.8) is 0 Å². The normalized spacial score (nSPS) is 37.7. The van der Waals surface area contributed by atoms with Crippen molar-refractivity contribution in [1.29, 1.82) is 0 Å². The first-order valence-electron chi connectivity index (χ1n) is 7.33. The summed E-state index contributed by atoms with van der Waals surface area (Å²) in [5.74, 6) is 1.53. The highest BCUT2D eigenvalue weighted by molar-refractivity contribution is 7.89. The molecule has 0 aromatic rings. The van der Waals surface area contributed by atoms with Crippen molar-refractivity contribution in [2.24, 2.45) is 11.8 Å². The zero-order valence-corrected chi connectivity index (χ0v) is 12.0. The van der Waals surface area contributed by atoms with E-state index >= 15 is 0 Å². The quantitative estimate of drug-likeness (QED) is 0.773. The molecule has 3 fully saturated rings. The fourth-order valence-corrected chi connectivity index (χ4v) is 5.72. The lowest BCUT2D eigenvalue weighted by molar-refractivity contribution is 0.165. The summed E-state index contributed by atoms with van der Waals surface area (Å²) in [6.45, 7) is 5.87. The second kappa shape index (κ2) is 4.76. The molecule has 104 valence electrons. The van der Waals surface area contributed by atoms with E-state index in [1.807, 2.05) is 6.92 Å². The van der Waals surface area contributed by atoms with Crippen molar-refractivity contribution >= 4 is 10.0 Å². The number of nitrogens with zero attached hydrogens (tertiary/aromatic N) is 2. The van der Waals surface area contributed by atoms with Crippen molar-refractivity contribution in [1.82, 2.24) is 9.21 Å². The molecule has 0 radical (unpaired) electrons. The largest absolute Gasteiger partial charge is 0.300 e. The van der Waals surface area contributed by atoms with Crippen LogP contribution in [-0.4, -0.2) is 55.6 Å². The van der Waals surface area contributed by atoms with E-state index in [0.29, 0.717) is 23.6 Å². The predicted octanol–water partition coefficient (Wildman–Crippen LogP) is 1.14. The molecule has 18 heavy (non-hydrogen) atoms. The van der Waals surface area contributed by atoms with Gasteiger partial charge in [-0.25, -0.2) is 12.7 Å². The fraction of sp³-hybridized carbons (Fsp3) is 1.00. The molecule has 0 saturated carbocycles. The Bertz CT molecular complexity index is 409. The van der Waals surface area contributed by atoms with Gasteiger partial charge in [-0.3, -0.25) is 4.90 Å². The van der Waals surface area contributed by atoms with Crippen LogP contribution >= 0.6 is 0 Å². The Morgan fingerprint density at radius 1 is 1.17 bits per heavy atom. The predicted molar refractivity (Wildman–Crippen MR) is 71.8 cm³/mol. The van der Waals surface area contributed by atoms with Crippen LogP contribution in [0.25, 0.3) is 0 Å². The Hall–Kier alpha value is -0.130. The summed E-state index contributed by atoms with van der Waals surface area (Å²) in [7, 11) is -2.98. The van der Waals surface area contributed by atoms with Crippen LogP contribution in [0.15, 0.2) is 0 Å². The molecule has 3 rings (SSSR count). The van der Waals surface area contributed by atoms with Crippen LogP contribution < -0.4 is 0 Å². The summed E-state index contributed by atoms with van der Waals surface area (Å²) in [5, 5.41) is 0. The molecule has 4 nitrogen and oxygen atoms in total. The molecule has 3 unspecified atom stereocenters. The lowest BCUT2D eigenvalue weighted by atomic mass is 9.90. The van der Waals surface area contributed by atoms with E-state index in [4.69, 9.17) is 0 Å². The highest BCUT2D eigenvalue weighted by atomic mass is 32.2. The van der Waals surface area contributed by atoms with Crippen LogP contribution in [0.2, 0.25) is 0 Å². The van der Waals surface area contributed by atoms with Crippen LogP contribution in [0.1, 0.15) is 32.6 Å². The summed E-state index contributed by atoms with van der Waals surface area (Å²) in [4.78, 5) is 2.61. The van der Waals surface area contributed by atoms with Crippen molar-refractivity contribution in [2.45, 2.75) is 38.6 Å². The van der Waals surface area contributed by atoms with Crippen molar-refractivity contribution in [3.05, 3.63) is 0 Å². The molecular weight excluding hydrogens is 248 g/mol. The van der Waals surface area contributed by atoms with Gasteiger partial charge in [0.15, 0.2) is 0 Å². The molecular formula is C13H24N2O2S. The number of hydrogen-bond acceptors (Lipinski definition) is 3. The van der Waals surface area contributed by atoms with Crippen molar-refractivity contribution < 1.29 is 8.42 Å². The van der Waals surface area contributed by atoms with Crippen LogP contribution in [0, 0.1) is 11.8 Å². The maximum atomic E-state index is 12.1. The number of rotatable bonds is 3. The molecule has 3 atom stereocenters. The zero-order chi connectivity index (χ0) is 12.8. The third-order valence-corrected chi connectivity index (χ3v) is 6.95. The minimum atomic E-state index is -2.98. The summed E-state index contributed by atoms with van der Waals surface area (Å²) >= 11 is 0. The van der Waals surface area contributed by atoms with Gasteiger partial charge in [0, 0.05) is 25.7 Å². The number of sulfonamides is 1. The van der Waals surface area contributed by atoms with Crippen molar-refractivity contribution in [2.75, 3.05) is 31.9 Å². The minimum Gasteiger partial charge on any atom is -0.300 e. The number of piperidine rings is 1. The van der Waals surface area contributed by atoms with Gasteiger partial charge in [0.2, 0.25) is 10.0 Å². The average molecular weight is 272 g/mol. The summed E-state index contributed by atoms with van der Waals surface area (Å²) in [5.41, 5.74) is 0. The lowest BCUT2D eigenvalue weighted by Crippen LogP contribution is -2.41. The van der Waals surface area contributed by atoms with Gasteiger partial charge in [-0.2, -0.15) is 0 Å². The third kappa shape index (κ3) is 2.10. The molecule has 0 aromatic carbocycles. The van der Waals surface area contributed by atoms with Gasteiger partial charge < -0.3 is 0 Å². The molecule has 0 spiro atoms. The Morgan fingerprint density at radius 3 is 2.78 bits per heavy atom. The molecule has 3 aliphatic rings. The van der Waals surface area contributed by atoms with E-state index in [-0.39, 0.29) is 0 Å². The summed E-state index contributed by atoms with van der Waals surface area (Å²) in [6, 6.07) is 0.672. The van der Waals surface area contributed by atoms with Crippen LogP contribution in [0.4, 0.5) is 0 Å². The maximum Gasteiger partial charge on any atom is 0.214 e. The number of hydrogen-bond donors (Lipinski definition) is 0. The molecule has 3 aliphatic heterocycles. The van der Waals surface area contributed by atoms with E-state index in [9.17, 15) is 8.42 Å². The average Bonchev–Trinajstić information content (AvgIpc) is 2.86. The van der Waals surface area contributed by atoms with Gasteiger partial charge in [0.25, 0.3) is 0 Å². The van der Waals surface area contributed by atoms with Gasteiger partial charge in [-0.1, -0.05) is 13.3 Å². The van der Waals surface area contributed by atoms with Crippen LogP contribution in [0.5, 0.6) is 0 Å². The molecule has 3 saturated heterocycles. The highest BCUT2D eigenvalue weighted by Gasteiger charge is 2.49. The molecule has 0 aromatic heterocycles. The molecule has 0 bridgehead atoms. The Morgan fingerprint density at radius 2 is 2.00 bits per heavy atom. The summed E-state index contributed by atoms with van der Waals surface area (Å²) < 4.78 is 26.0. The van der Waals surface area contributed by atoms with E-state index in [0.717, 1.165) is 26.1 Å². The van der Waals surface area contributed by atoms with Gasteiger partial charge in [-0.05, 0) is 37.6 Å². The van der Waals surface area contributed by atoms with E-state index in [1.54, 1.807) is 4.31 Å². The Kier molecular flexibility index (Phi) is 3.41. The first kappa shape index (κ1) is 12.9. The molecule has 5 heteroatoms. The SMILES string of the molecule is CCCS(=O)(=O)N1CC2CN3CCCCC3C2C1. The second-order valence-corrected chi connectivity index (χ2v) is 8.20.